The zero-order chi connectivity index (χ0) is 34.6. The molecule has 17 unspecified atom stereocenters. The Labute approximate surface area is 297 Å². The molecule has 272 valence electrons. The number of rotatable bonds is 3. The van der Waals surface area contributed by atoms with E-state index in [0.717, 1.165) is 57.1 Å². The van der Waals surface area contributed by atoms with Crippen LogP contribution in [0.15, 0.2) is 42.0 Å². The zero-order valence-corrected chi connectivity index (χ0v) is 30.2. The Bertz CT molecular complexity index is 1510. The molecule has 1 aromatic carbocycles. The first-order valence-electron chi connectivity index (χ1n) is 19.5. The lowest BCUT2D eigenvalue weighted by Gasteiger charge is -2.64. The standard InChI is InChI=1S/C42H56O8/c1-6-28-33-31(50-42(28)17-14-24(2)22-46-42)21-30-29-13-12-26-20-27(15-16-40(26,4)41(29,5)19-18-39(30,33)3)47-38-35(44)34(43)36-32(48-38)23-45-37(49-36)25-10-8-7-9-11-25/h1,7-12,24,27-38,43-44H,13-23H2,2-5H3. The van der Waals surface area contributed by atoms with Crippen LogP contribution in [0.1, 0.15) is 97.3 Å². The molecule has 7 fully saturated rings. The number of hydrogen-bond acceptors (Lipinski definition) is 8. The summed E-state index contributed by atoms with van der Waals surface area (Å²) in [6.07, 6.45) is 13.0. The molecule has 17 atom stereocenters. The lowest BCUT2D eigenvalue weighted by molar-refractivity contribution is -0.367. The van der Waals surface area contributed by atoms with E-state index in [1.165, 1.54) is 18.4 Å². The van der Waals surface area contributed by atoms with E-state index in [1.54, 1.807) is 0 Å². The molecule has 3 saturated carbocycles. The molecule has 9 rings (SSSR count). The van der Waals surface area contributed by atoms with Gasteiger partial charge in [-0.2, -0.15) is 0 Å². The van der Waals surface area contributed by atoms with Crippen LogP contribution in [0.3, 0.4) is 0 Å². The van der Waals surface area contributed by atoms with E-state index in [2.05, 4.69) is 39.7 Å². The average molecular weight is 689 g/mol. The van der Waals surface area contributed by atoms with Crippen molar-refractivity contribution in [1.29, 1.82) is 0 Å². The summed E-state index contributed by atoms with van der Waals surface area (Å²) in [5, 5.41) is 22.4. The van der Waals surface area contributed by atoms with Gasteiger partial charge >= 0.3 is 0 Å². The highest BCUT2D eigenvalue weighted by Gasteiger charge is 2.71. The zero-order valence-electron chi connectivity index (χ0n) is 30.2. The van der Waals surface area contributed by atoms with Crippen LogP contribution < -0.4 is 0 Å². The van der Waals surface area contributed by atoms with Crippen LogP contribution in [0, 0.1) is 58.2 Å². The Morgan fingerprint density at radius 3 is 2.50 bits per heavy atom. The molecule has 4 aliphatic carbocycles. The first-order chi connectivity index (χ1) is 24.0. The molecule has 4 aliphatic heterocycles. The van der Waals surface area contributed by atoms with E-state index in [4.69, 9.17) is 34.8 Å². The Hall–Kier alpha value is -1.80. The number of benzene rings is 1. The Balaban J connectivity index is 0.884. The van der Waals surface area contributed by atoms with Gasteiger partial charge in [0, 0.05) is 17.9 Å². The molecule has 8 nitrogen and oxygen atoms in total. The lowest BCUT2D eigenvalue weighted by atomic mass is 9.40. The smallest absolute Gasteiger partial charge is 0.186 e. The molecule has 8 heteroatoms. The monoisotopic (exact) mass is 688 g/mol. The Kier molecular flexibility index (Phi) is 8.24. The molecule has 0 bridgehead atoms. The van der Waals surface area contributed by atoms with Crippen molar-refractivity contribution in [1.82, 2.24) is 0 Å². The predicted molar refractivity (Wildman–Crippen MR) is 185 cm³/mol. The quantitative estimate of drug-likeness (QED) is 0.282. The number of aliphatic hydroxyl groups excluding tert-OH is 2. The highest BCUT2D eigenvalue weighted by molar-refractivity contribution is 5.30. The van der Waals surface area contributed by atoms with Crippen LogP contribution in [0.5, 0.6) is 0 Å². The van der Waals surface area contributed by atoms with Crippen molar-refractivity contribution in [3.63, 3.8) is 0 Å². The maximum absolute atomic E-state index is 11.2. The second kappa shape index (κ2) is 12.1. The highest BCUT2D eigenvalue weighted by atomic mass is 16.8. The van der Waals surface area contributed by atoms with Gasteiger partial charge in [-0.3, -0.25) is 0 Å². The minimum atomic E-state index is -1.21. The molecular formula is C42H56O8. The number of hydrogen-bond donors (Lipinski definition) is 2. The normalized spacial score (nSPS) is 54.0. The van der Waals surface area contributed by atoms with Crippen molar-refractivity contribution in [2.24, 2.45) is 45.8 Å². The van der Waals surface area contributed by atoms with Crippen LogP contribution in [0.2, 0.25) is 0 Å². The third-order valence-corrected chi connectivity index (χ3v) is 15.7. The van der Waals surface area contributed by atoms with Crippen molar-refractivity contribution in [3.05, 3.63) is 47.5 Å². The molecule has 0 aromatic heterocycles. The first kappa shape index (κ1) is 34.0. The molecule has 4 saturated heterocycles. The van der Waals surface area contributed by atoms with Crippen LogP contribution in [0.4, 0.5) is 0 Å². The average Bonchev–Trinajstić information content (AvgIpc) is 3.58. The highest BCUT2D eigenvalue weighted by Crippen LogP contribution is 2.74. The van der Waals surface area contributed by atoms with Crippen LogP contribution in [-0.4, -0.2) is 72.1 Å². The fourth-order valence-electron chi connectivity index (χ4n) is 12.5. The van der Waals surface area contributed by atoms with E-state index in [1.807, 2.05) is 30.3 Å². The predicted octanol–water partition coefficient (Wildman–Crippen LogP) is 6.30. The minimum Gasteiger partial charge on any atom is -0.387 e. The van der Waals surface area contributed by atoms with Gasteiger partial charge in [0.25, 0.3) is 0 Å². The van der Waals surface area contributed by atoms with E-state index >= 15 is 0 Å². The molecule has 0 radical (unpaired) electrons. The van der Waals surface area contributed by atoms with Gasteiger partial charge in [-0.1, -0.05) is 75.6 Å². The number of terminal acetylenes is 1. The number of ether oxygens (including phenoxy) is 6. The third kappa shape index (κ3) is 4.87. The maximum Gasteiger partial charge on any atom is 0.186 e. The fraction of sp³-hybridized carbons (Fsp3) is 0.762. The van der Waals surface area contributed by atoms with Crippen LogP contribution >= 0.6 is 0 Å². The molecule has 8 aliphatic rings. The Morgan fingerprint density at radius 1 is 0.920 bits per heavy atom. The first-order valence-corrected chi connectivity index (χ1v) is 19.5. The second-order valence-corrected chi connectivity index (χ2v) is 18.0. The largest absolute Gasteiger partial charge is 0.387 e. The summed E-state index contributed by atoms with van der Waals surface area (Å²) < 4.78 is 38.3. The van der Waals surface area contributed by atoms with E-state index in [0.29, 0.717) is 23.7 Å². The van der Waals surface area contributed by atoms with Crippen LogP contribution in [-0.2, 0) is 28.4 Å². The number of aliphatic hydroxyl groups is 2. The molecule has 50 heavy (non-hydrogen) atoms. The van der Waals surface area contributed by atoms with Gasteiger partial charge in [0.05, 0.1) is 31.3 Å². The van der Waals surface area contributed by atoms with Gasteiger partial charge in [0.2, 0.25) is 0 Å². The van der Waals surface area contributed by atoms with Crippen molar-refractivity contribution in [2.45, 2.75) is 140 Å². The second-order valence-electron chi connectivity index (χ2n) is 18.0. The summed E-state index contributed by atoms with van der Waals surface area (Å²) >= 11 is 0. The Morgan fingerprint density at radius 2 is 1.74 bits per heavy atom. The van der Waals surface area contributed by atoms with Crippen molar-refractivity contribution < 1.29 is 38.6 Å². The molecule has 1 spiro atoms. The van der Waals surface area contributed by atoms with Crippen molar-refractivity contribution >= 4 is 0 Å². The van der Waals surface area contributed by atoms with Gasteiger partial charge in [0.15, 0.2) is 18.4 Å². The van der Waals surface area contributed by atoms with Gasteiger partial charge < -0.3 is 38.6 Å². The van der Waals surface area contributed by atoms with E-state index in [9.17, 15) is 10.2 Å². The topological polar surface area (TPSA) is 95.8 Å². The molecular weight excluding hydrogens is 632 g/mol. The molecule has 4 heterocycles. The van der Waals surface area contributed by atoms with Gasteiger partial charge in [0.1, 0.15) is 24.4 Å². The van der Waals surface area contributed by atoms with Gasteiger partial charge in [-0.25, -0.2) is 0 Å². The van der Waals surface area contributed by atoms with E-state index < -0.39 is 42.8 Å². The van der Waals surface area contributed by atoms with Gasteiger partial charge in [-0.15, -0.1) is 6.42 Å². The SMILES string of the molecule is C#CC1C2C(CC3C4CC=C5CC(OC6OC7COC(c8ccccc8)OC7C(O)C6O)CCC5(C)C4(C)CCC32C)OC12CCC(C)CO2. The van der Waals surface area contributed by atoms with Gasteiger partial charge in [-0.05, 0) is 85.4 Å². The summed E-state index contributed by atoms with van der Waals surface area (Å²) in [7, 11) is 0. The van der Waals surface area contributed by atoms with Crippen LogP contribution in [0.25, 0.3) is 0 Å². The molecule has 1 aromatic rings. The lowest BCUT2D eigenvalue weighted by Crippen LogP contribution is -2.63. The maximum atomic E-state index is 11.2. The summed E-state index contributed by atoms with van der Waals surface area (Å²) in [6.45, 7) is 10.9. The summed E-state index contributed by atoms with van der Waals surface area (Å²) in [4.78, 5) is 0. The molecule has 0 amide bonds. The fourth-order valence-corrected chi connectivity index (χ4v) is 12.5. The van der Waals surface area contributed by atoms with E-state index in [-0.39, 0.29) is 41.0 Å². The minimum absolute atomic E-state index is 0.0143. The summed E-state index contributed by atoms with van der Waals surface area (Å²) in [6, 6.07) is 9.64. The van der Waals surface area contributed by atoms with Crippen molar-refractivity contribution in [2.75, 3.05) is 13.2 Å². The number of allylic oxidation sites excluding steroid dienone is 1. The third-order valence-electron chi connectivity index (χ3n) is 15.7. The number of fused-ring (bicyclic) bond motifs is 8. The summed E-state index contributed by atoms with van der Waals surface area (Å²) in [5.74, 6) is 4.70. The molecule has 2 N–H and O–H groups in total. The van der Waals surface area contributed by atoms with Crippen molar-refractivity contribution in [3.8, 4) is 12.3 Å². The summed E-state index contributed by atoms with van der Waals surface area (Å²) in [5.41, 5.74) is 2.73.